The summed E-state index contributed by atoms with van der Waals surface area (Å²) in [4.78, 5) is 11.7. The number of sulfonamides is 1. The van der Waals surface area contributed by atoms with Crippen molar-refractivity contribution < 1.29 is 22.7 Å². The van der Waals surface area contributed by atoms with Gasteiger partial charge in [-0.25, -0.2) is 13.2 Å². The fourth-order valence-electron chi connectivity index (χ4n) is 2.16. The molecule has 1 aromatic rings. The first-order valence-electron chi connectivity index (χ1n) is 6.50. The van der Waals surface area contributed by atoms with Gasteiger partial charge >= 0.3 is 5.97 Å². The highest BCUT2D eigenvalue weighted by Gasteiger charge is 2.33. The highest BCUT2D eigenvalue weighted by Crippen LogP contribution is 2.22. The van der Waals surface area contributed by atoms with E-state index in [1.54, 1.807) is 12.1 Å². The van der Waals surface area contributed by atoms with E-state index in [4.69, 9.17) is 10.5 Å². The average molecular weight is 314 g/mol. The van der Waals surface area contributed by atoms with E-state index < -0.39 is 16.0 Å². The van der Waals surface area contributed by atoms with Crippen LogP contribution in [0.5, 0.6) is 0 Å². The van der Waals surface area contributed by atoms with Crippen LogP contribution < -0.4 is 5.73 Å². The van der Waals surface area contributed by atoms with Gasteiger partial charge in [-0.1, -0.05) is 12.1 Å². The largest absolute Gasteiger partial charge is 0.465 e. The maximum Gasteiger partial charge on any atom is 0.339 e. The maximum atomic E-state index is 12.7. The number of nitrogens with zero attached hydrogens (tertiary/aromatic N) is 1. The Hall–Kier alpha value is -1.48. The number of morpholine rings is 1. The van der Waals surface area contributed by atoms with Gasteiger partial charge in [-0.05, 0) is 12.1 Å². The zero-order valence-electron chi connectivity index (χ0n) is 11.7. The topological polar surface area (TPSA) is 98.9 Å². The molecule has 0 aliphatic carbocycles. The van der Waals surface area contributed by atoms with E-state index in [1.807, 2.05) is 0 Å². The molecule has 0 spiro atoms. The number of rotatable bonds is 4. The molecule has 1 atom stereocenters. The fraction of sp³-hybridized carbons (Fsp3) is 0.462. The minimum Gasteiger partial charge on any atom is -0.465 e. The van der Waals surface area contributed by atoms with Crippen LogP contribution in [0.2, 0.25) is 0 Å². The molecule has 1 saturated heterocycles. The Labute approximate surface area is 123 Å². The van der Waals surface area contributed by atoms with Crippen LogP contribution in [-0.4, -0.2) is 58.1 Å². The van der Waals surface area contributed by atoms with Crippen molar-refractivity contribution >= 4 is 16.0 Å². The van der Waals surface area contributed by atoms with E-state index in [0.29, 0.717) is 0 Å². The molecule has 0 radical (unpaired) electrons. The minimum atomic E-state index is -3.79. The number of nitrogens with two attached hydrogens (primary N) is 1. The molecule has 1 aliphatic rings. The molecule has 0 aromatic heterocycles. The van der Waals surface area contributed by atoms with E-state index in [0.717, 1.165) is 0 Å². The molecule has 0 amide bonds. The molecule has 1 aromatic carbocycles. The van der Waals surface area contributed by atoms with E-state index in [-0.39, 0.29) is 42.8 Å². The number of hydrogen-bond donors (Lipinski definition) is 1. The zero-order valence-corrected chi connectivity index (χ0v) is 12.5. The van der Waals surface area contributed by atoms with Gasteiger partial charge in [0.2, 0.25) is 10.0 Å². The van der Waals surface area contributed by atoms with Gasteiger partial charge in [0.1, 0.15) is 0 Å². The molecule has 2 rings (SSSR count). The number of benzene rings is 1. The van der Waals surface area contributed by atoms with Crippen molar-refractivity contribution in [1.82, 2.24) is 4.31 Å². The Morgan fingerprint density at radius 3 is 2.86 bits per heavy atom. The van der Waals surface area contributed by atoms with Crippen LogP contribution >= 0.6 is 0 Å². The van der Waals surface area contributed by atoms with Crippen molar-refractivity contribution in [3.8, 4) is 0 Å². The minimum absolute atomic E-state index is 0.0239. The zero-order chi connectivity index (χ0) is 15.5. The van der Waals surface area contributed by atoms with Crippen molar-refractivity contribution in [2.45, 2.75) is 11.0 Å². The Kier molecular flexibility index (Phi) is 4.94. The summed E-state index contributed by atoms with van der Waals surface area (Å²) in [6.07, 6.45) is -0.334. The molecule has 1 aliphatic heterocycles. The highest BCUT2D eigenvalue weighted by molar-refractivity contribution is 7.89. The molecule has 1 unspecified atom stereocenters. The molecule has 1 heterocycles. The van der Waals surface area contributed by atoms with Crippen LogP contribution in [0.25, 0.3) is 0 Å². The third kappa shape index (κ3) is 3.24. The normalized spacial score (nSPS) is 20.2. The summed E-state index contributed by atoms with van der Waals surface area (Å²) in [5, 5.41) is 0. The quantitative estimate of drug-likeness (QED) is 0.774. The lowest BCUT2D eigenvalue weighted by Crippen LogP contribution is -2.48. The van der Waals surface area contributed by atoms with Gasteiger partial charge in [-0.2, -0.15) is 4.31 Å². The van der Waals surface area contributed by atoms with E-state index in [9.17, 15) is 13.2 Å². The first-order chi connectivity index (χ1) is 10.0. The summed E-state index contributed by atoms with van der Waals surface area (Å²) in [6, 6.07) is 5.99. The molecule has 2 N–H and O–H groups in total. The van der Waals surface area contributed by atoms with Crippen LogP contribution in [0.15, 0.2) is 29.2 Å². The molecular formula is C13H18N2O5S. The average Bonchev–Trinajstić information content (AvgIpc) is 2.54. The summed E-state index contributed by atoms with van der Waals surface area (Å²) in [5.41, 5.74) is 5.55. The van der Waals surface area contributed by atoms with Crippen LogP contribution in [0.1, 0.15) is 10.4 Å². The second-order valence-corrected chi connectivity index (χ2v) is 6.49. The number of methoxy groups -OCH3 is 1. The molecule has 7 nitrogen and oxygen atoms in total. The van der Waals surface area contributed by atoms with Crippen LogP contribution in [0, 0.1) is 0 Å². The molecule has 8 heteroatoms. The van der Waals surface area contributed by atoms with Crippen molar-refractivity contribution in [1.29, 1.82) is 0 Å². The van der Waals surface area contributed by atoms with Gasteiger partial charge in [0.25, 0.3) is 0 Å². The van der Waals surface area contributed by atoms with Gasteiger partial charge in [0.15, 0.2) is 0 Å². The van der Waals surface area contributed by atoms with E-state index in [2.05, 4.69) is 4.74 Å². The van der Waals surface area contributed by atoms with Crippen molar-refractivity contribution in [3.63, 3.8) is 0 Å². The molecule has 21 heavy (non-hydrogen) atoms. The van der Waals surface area contributed by atoms with Crippen LogP contribution in [0.3, 0.4) is 0 Å². The summed E-state index contributed by atoms with van der Waals surface area (Å²) < 4.78 is 36.7. The van der Waals surface area contributed by atoms with Gasteiger partial charge < -0.3 is 15.2 Å². The lowest BCUT2D eigenvalue weighted by molar-refractivity contribution is 0.00448. The predicted molar refractivity (Wildman–Crippen MR) is 75.3 cm³/mol. The SMILES string of the molecule is COC(=O)c1ccccc1S(=O)(=O)N1CCOC(CN)C1. The Bertz CT molecular complexity index is 617. The van der Waals surface area contributed by atoms with Crippen LogP contribution in [0.4, 0.5) is 0 Å². The monoisotopic (exact) mass is 314 g/mol. The Balaban J connectivity index is 2.38. The molecular weight excluding hydrogens is 296 g/mol. The molecule has 1 fully saturated rings. The van der Waals surface area contributed by atoms with Gasteiger partial charge in [0, 0.05) is 19.6 Å². The van der Waals surface area contributed by atoms with Crippen LogP contribution in [-0.2, 0) is 19.5 Å². The predicted octanol–water partition coefficient (Wildman–Crippen LogP) is -0.179. The van der Waals surface area contributed by atoms with E-state index >= 15 is 0 Å². The standard InChI is InChI=1S/C13H18N2O5S/c1-19-13(16)11-4-2-3-5-12(11)21(17,18)15-6-7-20-10(8-14)9-15/h2-5,10H,6-9,14H2,1H3. The first kappa shape index (κ1) is 15.9. The van der Waals surface area contributed by atoms with Gasteiger partial charge in [0.05, 0.1) is 30.3 Å². The third-order valence-electron chi connectivity index (χ3n) is 3.27. The first-order valence-corrected chi connectivity index (χ1v) is 7.94. The number of ether oxygens (including phenoxy) is 2. The molecule has 0 saturated carbocycles. The second-order valence-electron chi connectivity index (χ2n) is 4.58. The number of hydrogen-bond acceptors (Lipinski definition) is 6. The van der Waals surface area contributed by atoms with Gasteiger partial charge in [-0.15, -0.1) is 0 Å². The highest BCUT2D eigenvalue weighted by atomic mass is 32.2. The Morgan fingerprint density at radius 2 is 2.19 bits per heavy atom. The van der Waals surface area contributed by atoms with Crippen molar-refractivity contribution in [2.75, 3.05) is 33.4 Å². The second kappa shape index (κ2) is 6.52. The number of carbonyl (C=O) groups excluding carboxylic acids is 1. The van der Waals surface area contributed by atoms with Gasteiger partial charge in [-0.3, -0.25) is 0 Å². The maximum absolute atomic E-state index is 12.7. The lowest BCUT2D eigenvalue weighted by atomic mass is 10.2. The lowest BCUT2D eigenvalue weighted by Gasteiger charge is -2.31. The number of esters is 1. The Morgan fingerprint density at radius 1 is 1.48 bits per heavy atom. The van der Waals surface area contributed by atoms with E-state index in [1.165, 1.54) is 23.5 Å². The molecule has 0 bridgehead atoms. The smallest absolute Gasteiger partial charge is 0.339 e. The summed E-state index contributed by atoms with van der Waals surface area (Å²) in [7, 11) is -2.58. The summed E-state index contributed by atoms with van der Waals surface area (Å²) >= 11 is 0. The fourth-order valence-corrected chi connectivity index (χ4v) is 3.80. The molecule has 116 valence electrons. The summed E-state index contributed by atoms with van der Waals surface area (Å²) in [6.45, 7) is 0.925. The van der Waals surface area contributed by atoms with Crippen molar-refractivity contribution in [3.05, 3.63) is 29.8 Å². The summed E-state index contributed by atoms with van der Waals surface area (Å²) in [5.74, 6) is -0.683. The number of carbonyl (C=O) groups is 1. The van der Waals surface area contributed by atoms with Crippen molar-refractivity contribution in [2.24, 2.45) is 5.73 Å². The third-order valence-corrected chi connectivity index (χ3v) is 5.20.